The molecule has 1 heterocycles. The molecule has 0 aliphatic rings. The molecule has 1 aromatic carbocycles. The maximum atomic E-state index is 5.77. The van der Waals surface area contributed by atoms with E-state index >= 15 is 0 Å². The van der Waals surface area contributed by atoms with Crippen molar-refractivity contribution < 1.29 is 9.47 Å². The molecule has 0 fully saturated rings. The zero-order valence-corrected chi connectivity index (χ0v) is 13.5. The van der Waals surface area contributed by atoms with Crippen LogP contribution in [-0.4, -0.2) is 17.7 Å². The van der Waals surface area contributed by atoms with Crippen LogP contribution in [0.5, 0.6) is 11.5 Å². The van der Waals surface area contributed by atoms with Crippen LogP contribution in [0, 0.1) is 0 Å². The van der Waals surface area contributed by atoms with Crippen LogP contribution in [0.1, 0.15) is 32.0 Å². The van der Waals surface area contributed by atoms with E-state index in [2.05, 4.69) is 16.4 Å². The molecule has 0 atom stereocenters. The van der Waals surface area contributed by atoms with Crippen LogP contribution in [0.15, 0.2) is 42.6 Å². The van der Waals surface area contributed by atoms with Crippen LogP contribution in [-0.2, 0) is 13.1 Å². The molecule has 2 aromatic rings. The highest BCUT2D eigenvalue weighted by Crippen LogP contribution is 2.29. The molecule has 0 unspecified atom stereocenters. The first-order valence-corrected chi connectivity index (χ1v) is 7.72. The fraction of sp³-hybridized carbons (Fsp3) is 0.389. The van der Waals surface area contributed by atoms with E-state index < -0.39 is 0 Å². The van der Waals surface area contributed by atoms with Crippen molar-refractivity contribution in [1.82, 2.24) is 10.3 Å². The summed E-state index contributed by atoms with van der Waals surface area (Å²) in [6.45, 7) is 8.13. The molecular formula is C18H24N2O2. The fourth-order valence-electron chi connectivity index (χ4n) is 2.12. The lowest BCUT2D eigenvalue weighted by atomic mass is 10.2. The molecule has 4 heteroatoms. The van der Waals surface area contributed by atoms with Gasteiger partial charge in [0.1, 0.15) is 0 Å². The Bertz CT molecular complexity index is 571. The van der Waals surface area contributed by atoms with Gasteiger partial charge in [0.15, 0.2) is 11.5 Å². The highest BCUT2D eigenvalue weighted by molar-refractivity contribution is 5.43. The predicted molar refractivity (Wildman–Crippen MR) is 88.2 cm³/mol. The number of pyridine rings is 1. The molecule has 4 nitrogen and oxygen atoms in total. The number of hydrogen-bond donors (Lipinski definition) is 1. The minimum absolute atomic E-state index is 0.132. The van der Waals surface area contributed by atoms with Gasteiger partial charge >= 0.3 is 0 Å². The van der Waals surface area contributed by atoms with E-state index in [1.807, 2.05) is 57.3 Å². The lowest BCUT2D eigenvalue weighted by molar-refractivity contribution is 0.223. The second-order valence-corrected chi connectivity index (χ2v) is 5.31. The normalized spacial score (nSPS) is 10.7. The van der Waals surface area contributed by atoms with E-state index in [4.69, 9.17) is 9.47 Å². The summed E-state index contributed by atoms with van der Waals surface area (Å²) in [5.74, 6) is 1.60. The maximum Gasteiger partial charge on any atom is 0.161 e. The molecule has 118 valence electrons. The van der Waals surface area contributed by atoms with Gasteiger partial charge in [-0.25, -0.2) is 0 Å². The standard InChI is InChI=1S/C18H24N2O2/c1-4-21-18-11-15(8-9-17(18)22-14(2)3)12-19-13-16-7-5-6-10-20-16/h5-11,14,19H,4,12-13H2,1-3H3. The van der Waals surface area contributed by atoms with E-state index in [0.29, 0.717) is 6.61 Å². The monoisotopic (exact) mass is 300 g/mol. The van der Waals surface area contributed by atoms with Gasteiger partial charge in [-0.05, 0) is 50.6 Å². The zero-order chi connectivity index (χ0) is 15.8. The van der Waals surface area contributed by atoms with Gasteiger partial charge in [-0.3, -0.25) is 4.98 Å². The van der Waals surface area contributed by atoms with Gasteiger partial charge in [-0.15, -0.1) is 0 Å². The second kappa shape index (κ2) is 8.39. The fourth-order valence-corrected chi connectivity index (χ4v) is 2.12. The van der Waals surface area contributed by atoms with Crippen molar-refractivity contribution in [2.24, 2.45) is 0 Å². The van der Waals surface area contributed by atoms with Crippen molar-refractivity contribution in [1.29, 1.82) is 0 Å². The Kier molecular flexibility index (Phi) is 6.22. The summed E-state index contributed by atoms with van der Waals surface area (Å²) in [7, 11) is 0. The number of ether oxygens (including phenoxy) is 2. The van der Waals surface area contributed by atoms with E-state index in [9.17, 15) is 0 Å². The molecule has 0 amide bonds. The first-order valence-electron chi connectivity index (χ1n) is 7.72. The molecule has 0 aliphatic carbocycles. The maximum absolute atomic E-state index is 5.77. The highest BCUT2D eigenvalue weighted by Gasteiger charge is 2.08. The SMILES string of the molecule is CCOc1cc(CNCc2ccccn2)ccc1OC(C)C. The van der Waals surface area contributed by atoms with Gasteiger partial charge in [0.25, 0.3) is 0 Å². The van der Waals surface area contributed by atoms with Crippen molar-refractivity contribution in [3.8, 4) is 11.5 Å². The van der Waals surface area contributed by atoms with Crippen molar-refractivity contribution in [2.75, 3.05) is 6.61 Å². The summed E-state index contributed by atoms with van der Waals surface area (Å²) in [4.78, 5) is 4.30. The Hall–Kier alpha value is -2.07. The summed E-state index contributed by atoms with van der Waals surface area (Å²) < 4.78 is 11.4. The molecule has 0 spiro atoms. The average molecular weight is 300 g/mol. The number of rotatable bonds is 8. The Labute approximate surface area is 132 Å². The molecule has 1 N–H and O–H groups in total. The first kappa shape index (κ1) is 16.3. The molecular weight excluding hydrogens is 276 g/mol. The summed E-state index contributed by atoms with van der Waals surface area (Å²) >= 11 is 0. The van der Waals surface area contributed by atoms with E-state index in [-0.39, 0.29) is 6.10 Å². The van der Waals surface area contributed by atoms with Crippen LogP contribution in [0.25, 0.3) is 0 Å². The molecule has 1 aromatic heterocycles. The van der Waals surface area contributed by atoms with Gasteiger partial charge in [0, 0.05) is 19.3 Å². The summed E-state index contributed by atoms with van der Waals surface area (Å²) in [6, 6.07) is 12.0. The summed E-state index contributed by atoms with van der Waals surface area (Å²) in [6.07, 6.45) is 1.94. The topological polar surface area (TPSA) is 43.4 Å². The Morgan fingerprint density at radius 2 is 1.95 bits per heavy atom. The smallest absolute Gasteiger partial charge is 0.161 e. The number of nitrogens with zero attached hydrogens (tertiary/aromatic N) is 1. The molecule has 0 saturated carbocycles. The third kappa shape index (κ3) is 5.04. The zero-order valence-electron chi connectivity index (χ0n) is 13.5. The van der Waals surface area contributed by atoms with Crippen LogP contribution in [0.2, 0.25) is 0 Å². The van der Waals surface area contributed by atoms with Gasteiger partial charge in [0.05, 0.1) is 18.4 Å². The van der Waals surface area contributed by atoms with Crippen molar-refractivity contribution in [3.05, 3.63) is 53.9 Å². The van der Waals surface area contributed by atoms with E-state index in [1.54, 1.807) is 0 Å². The molecule has 0 bridgehead atoms. The molecule has 0 radical (unpaired) electrons. The molecule has 2 rings (SSSR count). The van der Waals surface area contributed by atoms with E-state index in [1.165, 1.54) is 0 Å². The molecule has 0 aliphatic heterocycles. The number of aromatic nitrogens is 1. The Morgan fingerprint density at radius 3 is 2.64 bits per heavy atom. The first-order chi connectivity index (χ1) is 10.7. The Balaban J connectivity index is 1.97. The van der Waals surface area contributed by atoms with Crippen LogP contribution in [0.4, 0.5) is 0 Å². The third-order valence-electron chi connectivity index (χ3n) is 3.03. The molecule has 22 heavy (non-hydrogen) atoms. The van der Waals surface area contributed by atoms with Crippen molar-refractivity contribution in [2.45, 2.75) is 40.0 Å². The van der Waals surface area contributed by atoms with Gasteiger partial charge < -0.3 is 14.8 Å². The van der Waals surface area contributed by atoms with Crippen LogP contribution in [0.3, 0.4) is 0 Å². The summed E-state index contributed by atoms with van der Waals surface area (Å²) in [5, 5.41) is 3.39. The average Bonchev–Trinajstić information content (AvgIpc) is 2.51. The highest BCUT2D eigenvalue weighted by atomic mass is 16.5. The number of hydrogen-bond acceptors (Lipinski definition) is 4. The van der Waals surface area contributed by atoms with Crippen LogP contribution >= 0.6 is 0 Å². The minimum Gasteiger partial charge on any atom is -0.490 e. The number of benzene rings is 1. The quantitative estimate of drug-likeness (QED) is 0.809. The minimum atomic E-state index is 0.132. The van der Waals surface area contributed by atoms with Gasteiger partial charge in [-0.1, -0.05) is 12.1 Å². The largest absolute Gasteiger partial charge is 0.490 e. The predicted octanol–water partition coefficient (Wildman–Crippen LogP) is 3.56. The Morgan fingerprint density at radius 1 is 1.09 bits per heavy atom. The lowest BCUT2D eigenvalue weighted by Crippen LogP contribution is -2.14. The van der Waals surface area contributed by atoms with E-state index in [0.717, 1.165) is 35.8 Å². The van der Waals surface area contributed by atoms with Crippen LogP contribution < -0.4 is 14.8 Å². The lowest BCUT2D eigenvalue weighted by Gasteiger charge is -2.15. The third-order valence-corrected chi connectivity index (χ3v) is 3.03. The van der Waals surface area contributed by atoms with Gasteiger partial charge in [0.2, 0.25) is 0 Å². The summed E-state index contributed by atoms with van der Waals surface area (Å²) in [5.41, 5.74) is 2.20. The molecule has 0 saturated heterocycles. The van der Waals surface area contributed by atoms with Crippen molar-refractivity contribution in [3.63, 3.8) is 0 Å². The van der Waals surface area contributed by atoms with Gasteiger partial charge in [-0.2, -0.15) is 0 Å². The number of nitrogens with one attached hydrogen (secondary N) is 1. The second-order valence-electron chi connectivity index (χ2n) is 5.31. The van der Waals surface area contributed by atoms with Crippen molar-refractivity contribution >= 4 is 0 Å².